The second-order valence-corrected chi connectivity index (χ2v) is 7.62. The molecule has 0 aromatic heterocycles. The molecule has 1 heterocycles. The quantitative estimate of drug-likeness (QED) is 0.335. The molecule has 0 amide bonds. The summed E-state index contributed by atoms with van der Waals surface area (Å²) in [6.07, 6.45) is 7.18. The maximum Gasteiger partial charge on any atom is 0.282 e. The van der Waals surface area contributed by atoms with Gasteiger partial charge in [0, 0.05) is 37.1 Å². The molecule has 2 rings (SSSR count). The van der Waals surface area contributed by atoms with Gasteiger partial charge in [-0.3, -0.25) is 10.1 Å². The molecule has 0 unspecified atom stereocenters. The van der Waals surface area contributed by atoms with Gasteiger partial charge in [-0.2, -0.15) is 12.8 Å². The first-order chi connectivity index (χ1) is 11.8. The van der Waals surface area contributed by atoms with E-state index in [0.717, 1.165) is 49.3 Å². The molecule has 1 fully saturated rings. The van der Waals surface area contributed by atoms with Crippen molar-refractivity contribution in [1.82, 2.24) is 4.90 Å². The molecule has 1 aromatic rings. The van der Waals surface area contributed by atoms with E-state index in [1.54, 1.807) is 6.08 Å². The maximum atomic E-state index is 12.2. The number of sulfonamides is 1. The zero-order chi connectivity index (χ0) is 18.4. The van der Waals surface area contributed by atoms with Gasteiger partial charge < -0.3 is 4.90 Å². The molecule has 0 atom stereocenters. The molecule has 0 spiro atoms. The number of hydrogen-bond acceptors (Lipinski definition) is 5. The van der Waals surface area contributed by atoms with E-state index in [-0.39, 0.29) is 10.6 Å². The zero-order valence-corrected chi connectivity index (χ0v) is 15.1. The van der Waals surface area contributed by atoms with Gasteiger partial charge in [0.1, 0.15) is 0 Å². The van der Waals surface area contributed by atoms with Crippen molar-refractivity contribution < 1.29 is 13.3 Å². The Bertz CT molecular complexity index is 814. The van der Waals surface area contributed by atoms with E-state index in [1.807, 2.05) is 19.9 Å². The molecule has 0 radical (unpaired) electrons. The molecule has 25 heavy (non-hydrogen) atoms. The summed E-state index contributed by atoms with van der Waals surface area (Å²) in [5.41, 5.74) is 1.88. The lowest BCUT2D eigenvalue weighted by molar-refractivity contribution is -0.384. The van der Waals surface area contributed by atoms with Crippen LogP contribution in [0.15, 0.2) is 57.0 Å². The van der Waals surface area contributed by atoms with E-state index in [9.17, 15) is 18.5 Å². The molecule has 0 saturated carbocycles. The van der Waals surface area contributed by atoms with E-state index in [4.69, 9.17) is 0 Å². The lowest BCUT2D eigenvalue weighted by Crippen LogP contribution is -2.17. The standard InChI is InChI=1S/C17H21N3O4S/c1-14(2)13-16(19-11-3-4-12-19)9-10-18-25(23,24)17-7-5-15(6-8-17)20(21)22/h5-10,13H,3-4,11-12H2,1-2H3/b16-9+,18-10+. The van der Waals surface area contributed by atoms with Crippen molar-refractivity contribution in [2.75, 3.05) is 13.1 Å². The van der Waals surface area contributed by atoms with Gasteiger partial charge in [-0.15, -0.1) is 0 Å². The molecule has 1 saturated heterocycles. The molecule has 1 aliphatic heterocycles. The molecule has 134 valence electrons. The summed E-state index contributed by atoms with van der Waals surface area (Å²) in [7, 11) is -3.89. The molecule has 0 bridgehead atoms. The molecule has 0 aliphatic carbocycles. The number of nitro benzene ring substituents is 1. The first-order valence-corrected chi connectivity index (χ1v) is 9.38. The van der Waals surface area contributed by atoms with Gasteiger partial charge in [-0.1, -0.05) is 5.57 Å². The summed E-state index contributed by atoms with van der Waals surface area (Å²) in [4.78, 5) is 12.2. The Hall–Kier alpha value is -2.48. The van der Waals surface area contributed by atoms with Gasteiger partial charge in [0.05, 0.1) is 9.82 Å². The van der Waals surface area contributed by atoms with Crippen molar-refractivity contribution in [2.45, 2.75) is 31.6 Å². The maximum absolute atomic E-state index is 12.2. The average Bonchev–Trinajstić information content (AvgIpc) is 3.08. The van der Waals surface area contributed by atoms with Crippen LogP contribution in [0.2, 0.25) is 0 Å². The van der Waals surface area contributed by atoms with Gasteiger partial charge in [-0.25, -0.2) is 0 Å². The van der Waals surface area contributed by atoms with Crippen LogP contribution < -0.4 is 0 Å². The SMILES string of the molecule is CC(C)=C/C(=C\C=N\S(=O)(=O)c1ccc([N+](=O)[O-])cc1)N1CCCC1. The Morgan fingerprint density at radius 3 is 2.32 bits per heavy atom. The Morgan fingerprint density at radius 2 is 1.80 bits per heavy atom. The minimum absolute atomic E-state index is 0.0762. The third kappa shape index (κ3) is 5.25. The number of rotatable bonds is 6. The minimum Gasteiger partial charge on any atom is -0.371 e. The van der Waals surface area contributed by atoms with Crippen LogP contribution >= 0.6 is 0 Å². The van der Waals surface area contributed by atoms with Crippen molar-refractivity contribution in [2.24, 2.45) is 4.40 Å². The summed E-state index contributed by atoms with van der Waals surface area (Å²) < 4.78 is 28.1. The highest BCUT2D eigenvalue weighted by Gasteiger charge is 2.15. The van der Waals surface area contributed by atoms with Crippen LogP contribution in [0.5, 0.6) is 0 Å². The number of nitrogens with zero attached hydrogens (tertiary/aromatic N) is 3. The summed E-state index contributed by atoms with van der Waals surface area (Å²) in [6, 6.07) is 4.67. The Labute approximate surface area is 147 Å². The Morgan fingerprint density at radius 1 is 1.20 bits per heavy atom. The topological polar surface area (TPSA) is 92.9 Å². The molecular formula is C17H21N3O4S. The van der Waals surface area contributed by atoms with E-state index < -0.39 is 14.9 Å². The van der Waals surface area contributed by atoms with Crippen LogP contribution in [0.1, 0.15) is 26.7 Å². The molecule has 7 nitrogen and oxygen atoms in total. The Balaban J connectivity index is 2.22. The fourth-order valence-electron chi connectivity index (χ4n) is 2.50. The summed E-state index contributed by atoms with van der Waals surface area (Å²) >= 11 is 0. The number of benzene rings is 1. The average molecular weight is 363 g/mol. The van der Waals surface area contributed by atoms with Crippen molar-refractivity contribution in [1.29, 1.82) is 0 Å². The van der Waals surface area contributed by atoms with Crippen LogP contribution in [0.25, 0.3) is 0 Å². The molecule has 1 aromatic carbocycles. The summed E-state index contributed by atoms with van der Waals surface area (Å²) in [5, 5.41) is 10.6. The fraction of sp³-hybridized carbons (Fsp3) is 0.353. The van der Waals surface area contributed by atoms with Crippen LogP contribution in [0.3, 0.4) is 0 Å². The van der Waals surface area contributed by atoms with Crippen molar-refractivity contribution >= 4 is 21.9 Å². The lowest BCUT2D eigenvalue weighted by Gasteiger charge is -2.18. The highest BCUT2D eigenvalue weighted by Crippen LogP contribution is 2.18. The van der Waals surface area contributed by atoms with Gasteiger partial charge >= 0.3 is 0 Å². The van der Waals surface area contributed by atoms with Crippen LogP contribution in [-0.4, -0.2) is 37.5 Å². The third-order valence-electron chi connectivity index (χ3n) is 3.70. The van der Waals surface area contributed by atoms with Crippen LogP contribution in [-0.2, 0) is 10.0 Å². The predicted molar refractivity (Wildman–Crippen MR) is 97.1 cm³/mol. The van der Waals surface area contributed by atoms with E-state index in [0.29, 0.717) is 0 Å². The van der Waals surface area contributed by atoms with E-state index in [2.05, 4.69) is 9.30 Å². The van der Waals surface area contributed by atoms with Crippen molar-refractivity contribution in [3.05, 3.63) is 57.8 Å². The second kappa shape index (κ2) is 8.06. The fourth-order valence-corrected chi connectivity index (χ4v) is 3.33. The molecule has 0 N–H and O–H groups in total. The predicted octanol–water partition coefficient (Wildman–Crippen LogP) is 3.30. The highest BCUT2D eigenvalue weighted by atomic mass is 32.2. The van der Waals surface area contributed by atoms with Crippen LogP contribution in [0, 0.1) is 10.1 Å². The number of hydrogen-bond donors (Lipinski definition) is 0. The van der Waals surface area contributed by atoms with Gasteiger partial charge in [-0.05, 0) is 51.0 Å². The number of likely N-dealkylation sites (tertiary alicyclic amines) is 1. The summed E-state index contributed by atoms with van der Waals surface area (Å²) in [5.74, 6) is 0. The summed E-state index contributed by atoms with van der Waals surface area (Å²) in [6.45, 7) is 5.85. The highest BCUT2D eigenvalue weighted by molar-refractivity contribution is 7.90. The van der Waals surface area contributed by atoms with E-state index in [1.165, 1.54) is 18.3 Å². The number of nitro groups is 1. The second-order valence-electron chi connectivity index (χ2n) is 5.99. The zero-order valence-electron chi connectivity index (χ0n) is 14.3. The Kier molecular flexibility index (Phi) is 6.08. The first-order valence-electron chi connectivity index (χ1n) is 7.94. The molecule has 1 aliphatic rings. The minimum atomic E-state index is -3.89. The molecule has 8 heteroatoms. The van der Waals surface area contributed by atoms with E-state index >= 15 is 0 Å². The first kappa shape index (κ1) is 18.9. The lowest BCUT2D eigenvalue weighted by atomic mass is 10.2. The van der Waals surface area contributed by atoms with Crippen molar-refractivity contribution in [3.8, 4) is 0 Å². The van der Waals surface area contributed by atoms with Gasteiger partial charge in [0.2, 0.25) is 0 Å². The molecular weight excluding hydrogens is 342 g/mol. The smallest absolute Gasteiger partial charge is 0.282 e. The van der Waals surface area contributed by atoms with Gasteiger partial charge in [0.25, 0.3) is 15.7 Å². The van der Waals surface area contributed by atoms with Gasteiger partial charge in [0.15, 0.2) is 0 Å². The van der Waals surface area contributed by atoms with Crippen molar-refractivity contribution in [3.63, 3.8) is 0 Å². The van der Waals surface area contributed by atoms with Crippen LogP contribution in [0.4, 0.5) is 5.69 Å². The number of allylic oxidation sites excluding steroid dienone is 3. The third-order valence-corrected chi connectivity index (χ3v) is 4.97. The number of non-ortho nitro benzene ring substituents is 1. The monoisotopic (exact) mass is 363 g/mol. The normalized spacial score (nSPS) is 15.6. The largest absolute Gasteiger partial charge is 0.371 e.